The average molecular weight is 426 g/mol. The number of nitrogens with two attached hydrogens (primary N) is 1. The van der Waals surface area contributed by atoms with E-state index in [2.05, 4.69) is 36.6 Å². The zero-order chi connectivity index (χ0) is 14.0. The first-order chi connectivity index (χ1) is 8.90. The van der Waals surface area contributed by atoms with E-state index in [1.165, 1.54) is 17.4 Å². The molecule has 0 unspecified atom stereocenters. The number of nitrogen functional groups attached to an aromatic ring is 1. The SMILES string of the molecule is Nc1ccc(Br)cc1S(=O)(=O)NCc1sccc1Br. The van der Waals surface area contributed by atoms with Gasteiger partial charge >= 0.3 is 0 Å². The highest BCUT2D eigenvalue weighted by atomic mass is 79.9. The standard InChI is InChI=1S/C11H10Br2N2O2S2/c12-7-1-2-9(14)11(5-7)19(16,17)15-6-10-8(13)3-4-18-10/h1-5,15H,6,14H2. The lowest BCUT2D eigenvalue weighted by Gasteiger charge is -2.09. The van der Waals surface area contributed by atoms with Crippen LogP contribution in [0.2, 0.25) is 0 Å². The molecule has 102 valence electrons. The molecule has 0 saturated carbocycles. The van der Waals surface area contributed by atoms with Gasteiger partial charge in [-0.25, -0.2) is 13.1 Å². The van der Waals surface area contributed by atoms with Crippen LogP contribution in [0, 0.1) is 0 Å². The zero-order valence-electron chi connectivity index (χ0n) is 9.56. The normalized spacial score (nSPS) is 11.7. The number of thiophene rings is 1. The lowest BCUT2D eigenvalue weighted by atomic mass is 10.3. The molecule has 0 spiro atoms. The second-order valence-corrected chi connectivity index (χ2v) is 8.20. The summed E-state index contributed by atoms with van der Waals surface area (Å²) in [5.74, 6) is 0. The minimum atomic E-state index is -3.63. The highest BCUT2D eigenvalue weighted by Crippen LogP contribution is 2.25. The van der Waals surface area contributed by atoms with Crippen molar-refractivity contribution in [3.05, 3.63) is 43.5 Å². The van der Waals surface area contributed by atoms with Gasteiger partial charge in [-0.2, -0.15) is 0 Å². The molecule has 0 aliphatic rings. The van der Waals surface area contributed by atoms with Crippen LogP contribution in [0.25, 0.3) is 0 Å². The van der Waals surface area contributed by atoms with Crippen molar-refractivity contribution in [1.29, 1.82) is 0 Å². The Balaban J connectivity index is 2.23. The first kappa shape index (κ1) is 15.0. The number of sulfonamides is 1. The Morgan fingerprint density at radius 1 is 1.26 bits per heavy atom. The molecule has 0 aliphatic carbocycles. The molecule has 19 heavy (non-hydrogen) atoms. The summed E-state index contributed by atoms with van der Waals surface area (Å²) in [6, 6.07) is 6.62. The van der Waals surface area contributed by atoms with Crippen LogP contribution in [0.1, 0.15) is 4.88 Å². The molecule has 3 N–H and O–H groups in total. The molecule has 4 nitrogen and oxygen atoms in total. The van der Waals surface area contributed by atoms with Crippen LogP contribution in [0.3, 0.4) is 0 Å². The molecule has 0 bridgehead atoms. The highest BCUT2D eigenvalue weighted by Gasteiger charge is 2.18. The minimum Gasteiger partial charge on any atom is -0.398 e. The quantitative estimate of drug-likeness (QED) is 0.737. The van der Waals surface area contributed by atoms with E-state index >= 15 is 0 Å². The summed E-state index contributed by atoms with van der Waals surface area (Å²) in [7, 11) is -3.63. The van der Waals surface area contributed by atoms with Crippen molar-refractivity contribution < 1.29 is 8.42 Å². The third-order valence-corrected chi connectivity index (χ3v) is 6.26. The molecule has 0 saturated heterocycles. The number of halogens is 2. The molecule has 0 atom stereocenters. The number of anilines is 1. The Labute approximate surface area is 132 Å². The van der Waals surface area contributed by atoms with Gasteiger partial charge in [0.2, 0.25) is 10.0 Å². The van der Waals surface area contributed by atoms with Gasteiger partial charge in [-0.3, -0.25) is 0 Å². The summed E-state index contributed by atoms with van der Waals surface area (Å²) in [5.41, 5.74) is 5.93. The van der Waals surface area contributed by atoms with Gasteiger partial charge in [0.15, 0.2) is 0 Å². The molecule has 8 heteroatoms. The maximum atomic E-state index is 12.2. The van der Waals surface area contributed by atoms with E-state index in [0.717, 1.165) is 9.35 Å². The number of rotatable bonds is 4. The van der Waals surface area contributed by atoms with Gasteiger partial charge in [-0.05, 0) is 45.6 Å². The fourth-order valence-corrected chi connectivity index (χ4v) is 4.62. The molecular weight excluding hydrogens is 416 g/mol. The van der Waals surface area contributed by atoms with E-state index < -0.39 is 10.0 Å². The van der Waals surface area contributed by atoms with E-state index in [1.807, 2.05) is 11.4 Å². The van der Waals surface area contributed by atoms with Gasteiger partial charge in [0.05, 0.1) is 5.69 Å². The fourth-order valence-electron chi connectivity index (χ4n) is 1.43. The predicted octanol–water partition coefficient (Wildman–Crippen LogP) is 3.33. The lowest BCUT2D eigenvalue weighted by molar-refractivity contribution is 0.582. The summed E-state index contributed by atoms with van der Waals surface area (Å²) in [5, 5.41) is 1.89. The van der Waals surface area contributed by atoms with E-state index in [1.54, 1.807) is 12.1 Å². The second kappa shape index (κ2) is 5.92. The Morgan fingerprint density at radius 3 is 2.63 bits per heavy atom. The van der Waals surface area contributed by atoms with Crippen LogP contribution < -0.4 is 10.5 Å². The largest absolute Gasteiger partial charge is 0.398 e. The summed E-state index contributed by atoms with van der Waals surface area (Å²) < 4.78 is 28.5. The Bertz CT molecular complexity index is 698. The molecule has 0 radical (unpaired) electrons. The van der Waals surface area contributed by atoms with Crippen LogP contribution in [-0.2, 0) is 16.6 Å². The molecule has 1 aromatic carbocycles. The molecule has 0 aliphatic heterocycles. The Morgan fingerprint density at radius 2 is 2.00 bits per heavy atom. The van der Waals surface area contributed by atoms with Gasteiger partial charge in [-0.15, -0.1) is 11.3 Å². The maximum Gasteiger partial charge on any atom is 0.242 e. The number of hydrogen-bond acceptors (Lipinski definition) is 4. The number of benzene rings is 1. The maximum absolute atomic E-state index is 12.2. The van der Waals surface area contributed by atoms with Crippen molar-refractivity contribution >= 4 is 58.9 Å². The van der Waals surface area contributed by atoms with Crippen LogP contribution >= 0.6 is 43.2 Å². The third-order valence-electron chi connectivity index (χ3n) is 2.38. The molecule has 1 aromatic heterocycles. The first-order valence-electron chi connectivity index (χ1n) is 5.17. The second-order valence-electron chi connectivity index (χ2n) is 3.70. The zero-order valence-corrected chi connectivity index (χ0v) is 14.4. The minimum absolute atomic E-state index is 0.0783. The van der Waals surface area contributed by atoms with Crippen molar-refractivity contribution in [3.63, 3.8) is 0 Å². The molecule has 0 fully saturated rings. The van der Waals surface area contributed by atoms with E-state index in [-0.39, 0.29) is 17.1 Å². The molecular formula is C11H10Br2N2O2S2. The predicted molar refractivity (Wildman–Crippen MR) is 84.6 cm³/mol. The lowest BCUT2D eigenvalue weighted by Crippen LogP contribution is -2.23. The number of nitrogens with one attached hydrogen (secondary N) is 1. The monoisotopic (exact) mass is 424 g/mol. The summed E-state index contributed by atoms with van der Waals surface area (Å²) in [6.45, 7) is 0.229. The Hall–Kier alpha value is -0.410. The fraction of sp³-hybridized carbons (Fsp3) is 0.0909. The van der Waals surface area contributed by atoms with Gasteiger partial charge in [0, 0.05) is 20.4 Å². The van der Waals surface area contributed by atoms with Crippen LogP contribution in [0.5, 0.6) is 0 Å². The van der Waals surface area contributed by atoms with Crippen LogP contribution in [-0.4, -0.2) is 8.42 Å². The summed E-state index contributed by atoms with van der Waals surface area (Å²) in [6.07, 6.45) is 0. The highest BCUT2D eigenvalue weighted by molar-refractivity contribution is 9.10. The smallest absolute Gasteiger partial charge is 0.242 e. The van der Waals surface area contributed by atoms with Crippen LogP contribution in [0.15, 0.2) is 43.5 Å². The summed E-state index contributed by atoms with van der Waals surface area (Å²) in [4.78, 5) is 0.992. The van der Waals surface area contributed by atoms with E-state index in [0.29, 0.717) is 4.47 Å². The number of hydrogen-bond donors (Lipinski definition) is 2. The van der Waals surface area contributed by atoms with E-state index in [9.17, 15) is 8.42 Å². The molecule has 1 heterocycles. The van der Waals surface area contributed by atoms with Gasteiger partial charge in [-0.1, -0.05) is 15.9 Å². The van der Waals surface area contributed by atoms with Gasteiger partial charge in [0.25, 0.3) is 0 Å². The first-order valence-corrected chi connectivity index (χ1v) is 9.11. The summed E-state index contributed by atoms with van der Waals surface area (Å²) >= 11 is 8.08. The Kier molecular flexibility index (Phi) is 4.67. The van der Waals surface area contributed by atoms with Crippen molar-refractivity contribution in [2.45, 2.75) is 11.4 Å². The average Bonchev–Trinajstić information content (AvgIpc) is 2.75. The van der Waals surface area contributed by atoms with Gasteiger partial charge < -0.3 is 5.73 Å². The molecule has 0 amide bonds. The van der Waals surface area contributed by atoms with Crippen molar-refractivity contribution in [2.75, 3.05) is 5.73 Å². The van der Waals surface area contributed by atoms with Gasteiger partial charge in [0.1, 0.15) is 4.90 Å². The van der Waals surface area contributed by atoms with Crippen molar-refractivity contribution in [2.24, 2.45) is 0 Å². The third kappa shape index (κ3) is 3.57. The topological polar surface area (TPSA) is 72.2 Å². The van der Waals surface area contributed by atoms with Crippen LogP contribution in [0.4, 0.5) is 5.69 Å². The van der Waals surface area contributed by atoms with Crippen molar-refractivity contribution in [3.8, 4) is 0 Å². The van der Waals surface area contributed by atoms with E-state index in [4.69, 9.17) is 5.73 Å². The molecule has 2 aromatic rings. The van der Waals surface area contributed by atoms with Crippen molar-refractivity contribution in [1.82, 2.24) is 4.72 Å². The molecule has 2 rings (SSSR count).